The van der Waals surface area contributed by atoms with Crippen molar-refractivity contribution in [2.24, 2.45) is 5.73 Å². The van der Waals surface area contributed by atoms with Crippen LogP contribution in [-0.4, -0.2) is 16.8 Å². The number of anilines is 1. The molecule has 5 nitrogen and oxygen atoms in total. The first-order valence-electron chi connectivity index (χ1n) is 7.77. The Morgan fingerprint density at radius 1 is 0.920 bits per heavy atom. The molecule has 0 bridgehead atoms. The van der Waals surface area contributed by atoms with Crippen LogP contribution >= 0.6 is 0 Å². The lowest BCUT2D eigenvalue weighted by molar-refractivity contribution is 0.1000. The van der Waals surface area contributed by atoms with E-state index in [0.29, 0.717) is 16.8 Å². The van der Waals surface area contributed by atoms with Crippen LogP contribution in [0.1, 0.15) is 26.3 Å². The van der Waals surface area contributed by atoms with E-state index in [2.05, 4.69) is 10.3 Å². The molecule has 0 radical (unpaired) electrons. The molecule has 3 N–H and O–H groups in total. The van der Waals surface area contributed by atoms with Gasteiger partial charge in [-0.15, -0.1) is 0 Å². The van der Waals surface area contributed by atoms with Gasteiger partial charge in [-0.2, -0.15) is 0 Å². The number of nitrogens with two attached hydrogens (primary N) is 1. The summed E-state index contributed by atoms with van der Waals surface area (Å²) < 4.78 is 0. The van der Waals surface area contributed by atoms with Gasteiger partial charge < -0.3 is 11.1 Å². The molecule has 2 aromatic carbocycles. The number of benzene rings is 2. The van der Waals surface area contributed by atoms with Gasteiger partial charge in [0.2, 0.25) is 5.91 Å². The summed E-state index contributed by atoms with van der Waals surface area (Å²) in [5, 5.41) is 2.90. The second-order valence-corrected chi connectivity index (χ2v) is 5.66. The third-order valence-electron chi connectivity index (χ3n) is 3.91. The maximum Gasteiger partial charge on any atom is 0.255 e. The number of rotatable bonds is 4. The van der Waals surface area contributed by atoms with Crippen molar-refractivity contribution in [2.75, 3.05) is 5.32 Å². The number of hydrogen-bond acceptors (Lipinski definition) is 3. The number of nitrogens with one attached hydrogen (secondary N) is 1. The molecule has 0 atom stereocenters. The fourth-order valence-corrected chi connectivity index (χ4v) is 2.49. The summed E-state index contributed by atoms with van der Waals surface area (Å²) in [6, 6.07) is 16.0. The van der Waals surface area contributed by atoms with Crippen molar-refractivity contribution in [3.05, 3.63) is 83.7 Å². The van der Waals surface area contributed by atoms with E-state index in [4.69, 9.17) is 5.73 Å². The van der Waals surface area contributed by atoms with Crippen molar-refractivity contribution in [1.82, 2.24) is 4.98 Å². The van der Waals surface area contributed by atoms with Gasteiger partial charge in [-0.3, -0.25) is 14.6 Å². The Balaban J connectivity index is 1.89. The number of carbonyl (C=O) groups excluding carboxylic acids is 2. The fraction of sp³-hybridized carbons (Fsp3) is 0.0500. The highest BCUT2D eigenvalue weighted by Gasteiger charge is 2.11. The van der Waals surface area contributed by atoms with Gasteiger partial charge in [0.15, 0.2) is 0 Å². The lowest BCUT2D eigenvalue weighted by Gasteiger charge is -2.11. The van der Waals surface area contributed by atoms with Crippen molar-refractivity contribution in [1.29, 1.82) is 0 Å². The van der Waals surface area contributed by atoms with Crippen LogP contribution in [0.3, 0.4) is 0 Å². The Morgan fingerprint density at radius 2 is 1.64 bits per heavy atom. The van der Waals surface area contributed by atoms with E-state index in [1.807, 2.05) is 37.3 Å². The van der Waals surface area contributed by atoms with Crippen LogP contribution in [0.4, 0.5) is 5.69 Å². The van der Waals surface area contributed by atoms with E-state index in [9.17, 15) is 9.59 Å². The lowest BCUT2D eigenvalue weighted by Crippen LogP contribution is -2.15. The summed E-state index contributed by atoms with van der Waals surface area (Å²) in [7, 11) is 0. The van der Waals surface area contributed by atoms with E-state index in [0.717, 1.165) is 16.7 Å². The van der Waals surface area contributed by atoms with Crippen LogP contribution in [0.15, 0.2) is 67.0 Å². The van der Waals surface area contributed by atoms with Crippen LogP contribution in [-0.2, 0) is 0 Å². The highest BCUT2D eigenvalue weighted by atomic mass is 16.2. The second kappa shape index (κ2) is 6.97. The number of primary amides is 1. The lowest BCUT2D eigenvalue weighted by atomic mass is 10.0. The van der Waals surface area contributed by atoms with Gasteiger partial charge in [-0.1, -0.05) is 18.2 Å². The highest BCUT2D eigenvalue weighted by molar-refractivity contribution is 6.06. The average molecular weight is 331 g/mol. The highest BCUT2D eigenvalue weighted by Crippen LogP contribution is 2.25. The van der Waals surface area contributed by atoms with Crippen molar-refractivity contribution in [3.8, 4) is 11.1 Å². The van der Waals surface area contributed by atoms with Crippen LogP contribution < -0.4 is 11.1 Å². The number of aryl methyl sites for hydroxylation is 1. The molecule has 3 rings (SSSR count). The molecule has 0 fully saturated rings. The van der Waals surface area contributed by atoms with E-state index >= 15 is 0 Å². The molecule has 2 amide bonds. The van der Waals surface area contributed by atoms with Gasteiger partial charge >= 0.3 is 0 Å². The maximum absolute atomic E-state index is 12.5. The second-order valence-electron chi connectivity index (χ2n) is 5.66. The summed E-state index contributed by atoms with van der Waals surface area (Å²) in [6.45, 7) is 1.92. The van der Waals surface area contributed by atoms with Gasteiger partial charge in [-0.05, 0) is 60.0 Å². The first-order valence-corrected chi connectivity index (χ1v) is 7.77. The van der Waals surface area contributed by atoms with Crippen LogP contribution in [0.5, 0.6) is 0 Å². The third-order valence-corrected chi connectivity index (χ3v) is 3.91. The number of nitrogens with zero attached hydrogens (tertiary/aromatic N) is 1. The molecule has 25 heavy (non-hydrogen) atoms. The van der Waals surface area contributed by atoms with E-state index in [1.54, 1.807) is 30.6 Å². The Labute approximate surface area is 145 Å². The molecule has 0 spiro atoms. The molecule has 0 aliphatic rings. The zero-order valence-corrected chi connectivity index (χ0v) is 13.7. The van der Waals surface area contributed by atoms with Gasteiger partial charge in [-0.25, -0.2) is 0 Å². The number of hydrogen-bond donors (Lipinski definition) is 2. The summed E-state index contributed by atoms with van der Waals surface area (Å²) >= 11 is 0. The quantitative estimate of drug-likeness (QED) is 0.768. The molecule has 0 saturated heterocycles. The van der Waals surface area contributed by atoms with Crippen molar-refractivity contribution in [3.63, 3.8) is 0 Å². The predicted octanol–water partition coefficient (Wildman–Crippen LogP) is 3.41. The van der Waals surface area contributed by atoms with Gasteiger partial charge in [0, 0.05) is 29.2 Å². The smallest absolute Gasteiger partial charge is 0.255 e. The largest absolute Gasteiger partial charge is 0.366 e. The summed E-state index contributed by atoms with van der Waals surface area (Å²) in [4.78, 5) is 27.8. The summed E-state index contributed by atoms with van der Waals surface area (Å²) in [5.41, 5.74) is 9.60. The monoisotopic (exact) mass is 331 g/mol. The normalized spacial score (nSPS) is 10.3. The number of amides is 2. The molecule has 0 aliphatic carbocycles. The van der Waals surface area contributed by atoms with Crippen LogP contribution in [0.25, 0.3) is 11.1 Å². The average Bonchev–Trinajstić information content (AvgIpc) is 2.64. The zero-order valence-electron chi connectivity index (χ0n) is 13.7. The first-order chi connectivity index (χ1) is 12.0. The minimum absolute atomic E-state index is 0.293. The molecule has 0 saturated carbocycles. The first kappa shape index (κ1) is 16.4. The van der Waals surface area contributed by atoms with Gasteiger partial charge in [0.25, 0.3) is 5.91 Å². The number of pyridine rings is 1. The molecule has 1 aromatic heterocycles. The maximum atomic E-state index is 12.5. The minimum atomic E-state index is -0.564. The van der Waals surface area contributed by atoms with Gasteiger partial charge in [0.05, 0.1) is 0 Å². The molecule has 3 aromatic rings. The molecule has 0 aliphatic heterocycles. The third kappa shape index (κ3) is 3.72. The van der Waals surface area contributed by atoms with E-state index < -0.39 is 5.91 Å². The topological polar surface area (TPSA) is 85.1 Å². The molecular weight excluding hydrogens is 314 g/mol. The zero-order chi connectivity index (χ0) is 17.8. The fourth-order valence-electron chi connectivity index (χ4n) is 2.49. The van der Waals surface area contributed by atoms with Crippen LogP contribution in [0.2, 0.25) is 0 Å². The Morgan fingerprint density at radius 3 is 2.36 bits per heavy atom. The standard InChI is InChI=1S/C20H17N3O2/c1-13-5-6-15(14-7-9-22-10-8-14)12-18(13)23-20(25)17-4-2-3-16(11-17)19(21)24/h2-12H,1H3,(H2,21,24)(H,23,25). The van der Waals surface area contributed by atoms with Crippen molar-refractivity contribution < 1.29 is 9.59 Å². The van der Waals surface area contributed by atoms with E-state index in [1.165, 1.54) is 6.07 Å². The molecule has 0 unspecified atom stereocenters. The van der Waals surface area contributed by atoms with E-state index in [-0.39, 0.29) is 5.91 Å². The molecule has 5 heteroatoms. The summed E-state index contributed by atoms with van der Waals surface area (Å²) in [6.07, 6.45) is 3.45. The SMILES string of the molecule is Cc1ccc(-c2ccncc2)cc1NC(=O)c1cccc(C(N)=O)c1. The van der Waals surface area contributed by atoms with Crippen molar-refractivity contribution >= 4 is 17.5 Å². The molecule has 124 valence electrons. The van der Waals surface area contributed by atoms with Gasteiger partial charge in [0.1, 0.15) is 0 Å². The summed E-state index contributed by atoms with van der Waals surface area (Å²) in [5.74, 6) is -0.858. The van der Waals surface area contributed by atoms with Crippen molar-refractivity contribution in [2.45, 2.75) is 6.92 Å². The minimum Gasteiger partial charge on any atom is -0.366 e. The number of aromatic nitrogens is 1. The predicted molar refractivity (Wildman–Crippen MR) is 97.3 cm³/mol. The Hall–Kier alpha value is -3.47. The van der Waals surface area contributed by atoms with Crippen LogP contribution in [0, 0.1) is 6.92 Å². The Bertz CT molecular complexity index is 937. The molecule has 1 heterocycles. The Kier molecular flexibility index (Phi) is 4.57. The molecular formula is C20H17N3O2. The number of carbonyl (C=O) groups is 2.